The molecule has 6 nitrogen and oxygen atoms in total. The molecular formula is C17H14N2O4. The molecule has 1 N–H and O–H groups in total. The molecule has 1 aromatic rings. The summed E-state index contributed by atoms with van der Waals surface area (Å²) in [6.45, 7) is 1.93. The first-order valence-electron chi connectivity index (χ1n) is 7.39. The first-order valence-corrected chi connectivity index (χ1v) is 7.39. The van der Waals surface area contributed by atoms with Gasteiger partial charge < -0.3 is 9.84 Å². The molecular weight excluding hydrogens is 296 g/mol. The molecule has 116 valence electrons. The number of nitriles is 1. The van der Waals surface area contributed by atoms with Crippen LogP contribution in [0.25, 0.3) is 0 Å². The molecule has 2 bridgehead atoms. The Morgan fingerprint density at radius 1 is 1.39 bits per heavy atom. The van der Waals surface area contributed by atoms with E-state index < -0.39 is 35.6 Å². The smallest absolute Gasteiger partial charge is 0.310 e. The molecule has 4 rings (SSSR count). The quantitative estimate of drug-likeness (QED) is 0.830. The van der Waals surface area contributed by atoms with Crippen LogP contribution in [-0.4, -0.2) is 34.7 Å². The number of fused-ring (bicyclic) bond motifs is 1. The average Bonchev–Trinajstić information content (AvgIpc) is 3.15. The van der Waals surface area contributed by atoms with E-state index in [-0.39, 0.29) is 5.91 Å². The second kappa shape index (κ2) is 4.43. The van der Waals surface area contributed by atoms with Gasteiger partial charge in [-0.15, -0.1) is 0 Å². The fourth-order valence-electron chi connectivity index (χ4n) is 3.97. The lowest BCUT2D eigenvalue weighted by Crippen LogP contribution is -2.44. The van der Waals surface area contributed by atoms with Crippen molar-refractivity contribution in [2.45, 2.75) is 24.7 Å². The fourth-order valence-corrected chi connectivity index (χ4v) is 3.97. The van der Waals surface area contributed by atoms with Crippen molar-refractivity contribution in [1.82, 2.24) is 0 Å². The second-order valence-electron chi connectivity index (χ2n) is 6.21. The van der Waals surface area contributed by atoms with E-state index >= 15 is 0 Å². The predicted octanol–water partition coefficient (Wildman–Crippen LogP) is 1.26. The molecule has 5 atom stereocenters. The largest absolute Gasteiger partial charge is 0.481 e. The maximum absolute atomic E-state index is 12.9. The highest BCUT2D eigenvalue weighted by Crippen LogP contribution is 2.55. The molecule has 1 unspecified atom stereocenters. The summed E-state index contributed by atoms with van der Waals surface area (Å²) in [7, 11) is 0. The molecule has 0 radical (unpaired) electrons. The van der Waals surface area contributed by atoms with Gasteiger partial charge in [-0.05, 0) is 19.1 Å². The molecule has 23 heavy (non-hydrogen) atoms. The summed E-state index contributed by atoms with van der Waals surface area (Å²) in [5, 5.41) is 19.1. The van der Waals surface area contributed by atoms with E-state index in [9.17, 15) is 20.0 Å². The number of hydrogen-bond acceptors (Lipinski definition) is 4. The number of carbonyl (C=O) groups is 2. The molecule has 0 aromatic heterocycles. The summed E-state index contributed by atoms with van der Waals surface area (Å²) < 4.78 is 5.83. The first-order chi connectivity index (χ1) is 11.0. The zero-order chi connectivity index (χ0) is 16.4. The normalized spacial score (nSPS) is 37.0. The van der Waals surface area contributed by atoms with Crippen LogP contribution in [0.5, 0.6) is 0 Å². The molecule has 3 heterocycles. The van der Waals surface area contributed by atoms with Crippen molar-refractivity contribution in [2.24, 2.45) is 11.8 Å². The van der Waals surface area contributed by atoms with Crippen molar-refractivity contribution in [3.05, 3.63) is 42.0 Å². The third kappa shape index (κ3) is 1.60. The molecule has 3 aliphatic rings. The monoisotopic (exact) mass is 310 g/mol. The van der Waals surface area contributed by atoms with Crippen molar-refractivity contribution in [3.8, 4) is 6.07 Å². The van der Waals surface area contributed by atoms with Gasteiger partial charge in [-0.2, -0.15) is 5.26 Å². The summed E-state index contributed by atoms with van der Waals surface area (Å²) in [5.41, 5.74) is 0.457. The Morgan fingerprint density at radius 2 is 2.09 bits per heavy atom. The molecule has 6 heteroatoms. The molecule has 1 aromatic carbocycles. The van der Waals surface area contributed by atoms with Crippen LogP contribution in [0.2, 0.25) is 0 Å². The van der Waals surface area contributed by atoms with Gasteiger partial charge in [-0.25, -0.2) is 0 Å². The highest BCUT2D eigenvalue weighted by molar-refractivity contribution is 6.04. The van der Waals surface area contributed by atoms with Crippen LogP contribution >= 0.6 is 0 Å². The van der Waals surface area contributed by atoms with Crippen LogP contribution in [0.1, 0.15) is 5.56 Å². The summed E-state index contributed by atoms with van der Waals surface area (Å²) in [5.74, 6) is -3.23. The SMILES string of the molecule is Cc1ccc(N2C(=O)[C@H]3[C@@H](C(=O)O)[C@@H]4C=C[C@]3(O4)C2C#N)cc1. The summed E-state index contributed by atoms with van der Waals surface area (Å²) in [6.07, 6.45) is 2.71. The van der Waals surface area contributed by atoms with Crippen LogP contribution in [-0.2, 0) is 14.3 Å². The van der Waals surface area contributed by atoms with Crippen LogP contribution < -0.4 is 4.90 Å². The number of ether oxygens (including phenoxy) is 1. The number of carboxylic acid groups (broad SMARTS) is 1. The maximum Gasteiger partial charge on any atom is 0.310 e. The lowest BCUT2D eigenvalue weighted by Gasteiger charge is -2.27. The third-order valence-corrected chi connectivity index (χ3v) is 4.99. The van der Waals surface area contributed by atoms with Crippen molar-refractivity contribution >= 4 is 17.6 Å². The standard InChI is InChI=1S/C17H14N2O4/c1-9-2-4-10(5-3-9)19-12(8-18)17-7-6-11(23-17)13(16(21)22)14(17)15(19)20/h2-7,11-14H,1H3,(H,21,22)/t11-,12?,13-,14+,17-/m0/s1. The van der Waals surface area contributed by atoms with Crippen LogP contribution in [0, 0.1) is 30.1 Å². The minimum atomic E-state index is -1.16. The Kier molecular flexibility index (Phi) is 2.69. The number of hydrogen-bond donors (Lipinski definition) is 1. The van der Waals surface area contributed by atoms with Gasteiger partial charge in [-0.3, -0.25) is 14.5 Å². The van der Waals surface area contributed by atoms with E-state index in [0.29, 0.717) is 5.69 Å². The Labute approximate surface area is 132 Å². The van der Waals surface area contributed by atoms with Gasteiger partial charge in [0.05, 0.1) is 18.1 Å². The van der Waals surface area contributed by atoms with E-state index in [1.54, 1.807) is 24.3 Å². The Morgan fingerprint density at radius 3 is 2.70 bits per heavy atom. The number of aryl methyl sites for hydroxylation is 1. The molecule has 1 spiro atoms. The van der Waals surface area contributed by atoms with Crippen molar-refractivity contribution in [2.75, 3.05) is 4.90 Å². The highest BCUT2D eigenvalue weighted by Gasteiger charge is 2.72. The average molecular weight is 310 g/mol. The Hall–Kier alpha value is -2.65. The predicted molar refractivity (Wildman–Crippen MR) is 79.4 cm³/mol. The number of carboxylic acids is 1. The minimum Gasteiger partial charge on any atom is -0.481 e. The number of benzene rings is 1. The Balaban J connectivity index is 1.84. The number of carbonyl (C=O) groups excluding carboxylic acids is 1. The lowest BCUT2D eigenvalue weighted by molar-refractivity contribution is -0.146. The summed E-state index contributed by atoms with van der Waals surface area (Å²) in [6, 6.07) is 8.51. The van der Waals surface area contributed by atoms with Crippen molar-refractivity contribution in [1.29, 1.82) is 5.26 Å². The van der Waals surface area contributed by atoms with Crippen LogP contribution in [0.4, 0.5) is 5.69 Å². The van der Waals surface area contributed by atoms with E-state index in [1.165, 1.54) is 4.90 Å². The zero-order valence-electron chi connectivity index (χ0n) is 12.3. The molecule has 2 fully saturated rings. The second-order valence-corrected chi connectivity index (χ2v) is 6.21. The molecule has 3 aliphatic heterocycles. The first kappa shape index (κ1) is 14.0. The number of anilines is 1. The van der Waals surface area contributed by atoms with Crippen LogP contribution in [0.3, 0.4) is 0 Å². The summed E-state index contributed by atoms with van der Waals surface area (Å²) >= 11 is 0. The van der Waals surface area contributed by atoms with Crippen LogP contribution in [0.15, 0.2) is 36.4 Å². The number of amides is 1. The van der Waals surface area contributed by atoms with E-state index in [1.807, 2.05) is 19.1 Å². The number of rotatable bonds is 2. The van der Waals surface area contributed by atoms with E-state index in [4.69, 9.17) is 4.74 Å². The molecule has 0 aliphatic carbocycles. The summed E-state index contributed by atoms with van der Waals surface area (Å²) in [4.78, 5) is 25.9. The topological polar surface area (TPSA) is 90.6 Å². The molecule has 0 saturated carbocycles. The van der Waals surface area contributed by atoms with E-state index in [2.05, 4.69) is 6.07 Å². The maximum atomic E-state index is 12.9. The third-order valence-electron chi connectivity index (χ3n) is 4.99. The number of nitrogens with zero attached hydrogens (tertiary/aromatic N) is 2. The number of aliphatic carboxylic acids is 1. The van der Waals surface area contributed by atoms with Gasteiger partial charge in [0.2, 0.25) is 5.91 Å². The van der Waals surface area contributed by atoms with Gasteiger partial charge in [0.1, 0.15) is 11.5 Å². The van der Waals surface area contributed by atoms with Gasteiger partial charge in [0.15, 0.2) is 6.04 Å². The lowest BCUT2D eigenvalue weighted by atomic mass is 9.75. The van der Waals surface area contributed by atoms with Gasteiger partial charge in [-0.1, -0.05) is 29.8 Å². The molecule has 2 saturated heterocycles. The fraction of sp³-hybridized carbons (Fsp3) is 0.353. The minimum absolute atomic E-state index is 0.361. The van der Waals surface area contributed by atoms with E-state index in [0.717, 1.165) is 5.56 Å². The molecule has 1 amide bonds. The van der Waals surface area contributed by atoms with Crippen molar-refractivity contribution in [3.63, 3.8) is 0 Å². The van der Waals surface area contributed by atoms with Crippen molar-refractivity contribution < 1.29 is 19.4 Å². The van der Waals surface area contributed by atoms with Gasteiger partial charge in [0.25, 0.3) is 0 Å². The zero-order valence-corrected chi connectivity index (χ0v) is 12.3. The Bertz CT molecular complexity index is 779. The van der Waals surface area contributed by atoms with Gasteiger partial charge >= 0.3 is 5.97 Å². The van der Waals surface area contributed by atoms with Gasteiger partial charge in [0, 0.05) is 5.69 Å². The highest BCUT2D eigenvalue weighted by atomic mass is 16.5.